The Morgan fingerprint density at radius 3 is 1.22 bits per heavy atom. The predicted octanol–water partition coefficient (Wildman–Crippen LogP) is 11.5. The van der Waals surface area contributed by atoms with E-state index in [1.54, 1.807) is 0 Å². The second kappa shape index (κ2) is 13.5. The molecule has 0 aliphatic heterocycles. The summed E-state index contributed by atoms with van der Waals surface area (Å²) in [5, 5.41) is -7.52. The number of rotatable bonds is 7. The van der Waals surface area contributed by atoms with Gasteiger partial charge in [0.2, 0.25) is 0 Å². The van der Waals surface area contributed by atoms with Gasteiger partial charge in [0.1, 0.15) is 0 Å². The molecule has 3 nitrogen and oxygen atoms in total. The molecule has 0 unspecified atom stereocenters. The highest BCUT2D eigenvalue weighted by Gasteiger charge is 2.92. The topological polar surface area (TPSA) is 54.4 Å². The molecule has 0 radical (unpaired) electrons. The number of benzene rings is 3. The van der Waals surface area contributed by atoms with Crippen LogP contribution in [-0.2, 0) is 20.9 Å². The van der Waals surface area contributed by atoms with Crippen LogP contribution in [0.2, 0.25) is 0 Å². The number of halogens is 13. The van der Waals surface area contributed by atoms with Crippen molar-refractivity contribution < 1.29 is 70.0 Å². The van der Waals surface area contributed by atoms with Crippen LogP contribution in [0.5, 0.6) is 0 Å². The zero-order valence-corrected chi connectivity index (χ0v) is 28.6. The molecule has 3 rings (SSSR count). The Bertz CT molecular complexity index is 1760. The largest absolute Gasteiger partial charge is 0.460 e. The zero-order chi connectivity index (χ0) is 39.3. The molecule has 0 aliphatic carbocycles. The van der Waals surface area contributed by atoms with E-state index in [0.717, 1.165) is 4.90 Å². The Kier molecular flexibility index (Phi) is 11.7. The standard InChI is InChI=1S/C26H30S.C6HF13O3S/c1-25(2,3)20-14-10-18(11-15-20)22-8-7-9-23(27)24(22)19-12-16-21(17-13-19)26(4,5)6;7-1(8,3(11,12)5(15,16)17)2(9,10)4(13,14)6(18,19)23(20,21)22/h7-17,27H,1-6H3;(H,20,21,22). The fourth-order valence-corrected chi connectivity index (χ4v) is 5.08. The monoisotopic (exact) mass is 774 g/mol. The Balaban J connectivity index is 0.000000353. The van der Waals surface area contributed by atoms with Gasteiger partial charge in [-0.15, -0.1) is 12.6 Å². The van der Waals surface area contributed by atoms with E-state index in [9.17, 15) is 65.5 Å². The molecule has 1 N–H and O–H groups in total. The maximum atomic E-state index is 12.7. The third kappa shape index (κ3) is 7.91. The summed E-state index contributed by atoms with van der Waals surface area (Å²) in [4.78, 5) is 1.01. The predicted molar refractivity (Wildman–Crippen MR) is 164 cm³/mol. The van der Waals surface area contributed by atoms with Crippen LogP contribution in [0.1, 0.15) is 52.7 Å². The van der Waals surface area contributed by atoms with Crippen LogP contribution in [0.3, 0.4) is 0 Å². The Morgan fingerprint density at radius 1 is 0.520 bits per heavy atom. The van der Waals surface area contributed by atoms with E-state index >= 15 is 0 Å². The van der Waals surface area contributed by atoms with E-state index in [2.05, 4.69) is 108 Å². The van der Waals surface area contributed by atoms with Crippen molar-refractivity contribution in [3.8, 4) is 22.3 Å². The van der Waals surface area contributed by atoms with Gasteiger partial charge in [0.25, 0.3) is 0 Å². The van der Waals surface area contributed by atoms with E-state index in [1.807, 2.05) is 0 Å². The molecule has 0 saturated heterocycles. The fraction of sp³-hybridized carbons (Fsp3) is 0.438. The first-order valence-electron chi connectivity index (χ1n) is 14.0. The quantitative estimate of drug-likeness (QED) is 0.143. The second-order valence-corrected chi connectivity index (χ2v) is 15.1. The molecule has 18 heteroatoms. The minimum absolute atomic E-state index is 0.157. The summed E-state index contributed by atoms with van der Waals surface area (Å²) in [7, 11) is -7.61. The van der Waals surface area contributed by atoms with Gasteiger partial charge in [-0.05, 0) is 44.7 Å². The van der Waals surface area contributed by atoms with Crippen molar-refractivity contribution in [1.82, 2.24) is 0 Å². The lowest BCUT2D eigenvalue weighted by atomic mass is 9.84. The molecule has 50 heavy (non-hydrogen) atoms. The molecule has 3 aromatic rings. The molecule has 0 heterocycles. The van der Waals surface area contributed by atoms with Gasteiger partial charge in [-0.1, -0.05) is 102 Å². The van der Waals surface area contributed by atoms with Crippen molar-refractivity contribution in [1.29, 1.82) is 0 Å². The van der Waals surface area contributed by atoms with E-state index < -0.39 is 45.2 Å². The van der Waals surface area contributed by atoms with Gasteiger partial charge in [-0.2, -0.15) is 65.5 Å². The molecule has 0 atom stereocenters. The van der Waals surface area contributed by atoms with Gasteiger partial charge in [0.05, 0.1) is 0 Å². The first-order chi connectivity index (χ1) is 22.1. The highest BCUT2D eigenvalue weighted by molar-refractivity contribution is 7.87. The second-order valence-electron chi connectivity index (χ2n) is 13.1. The maximum Gasteiger partial charge on any atom is 0.460 e. The average Bonchev–Trinajstić information content (AvgIpc) is 2.95. The molecule has 3 aromatic carbocycles. The van der Waals surface area contributed by atoms with Crippen LogP contribution in [-0.4, -0.2) is 48.1 Å². The van der Waals surface area contributed by atoms with E-state index in [1.165, 1.54) is 33.4 Å². The van der Waals surface area contributed by atoms with E-state index in [-0.39, 0.29) is 10.8 Å². The van der Waals surface area contributed by atoms with Crippen molar-refractivity contribution in [2.24, 2.45) is 0 Å². The van der Waals surface area contributed by atoms with Gasteiger partial charge < -0.3 is 0 Å². The fourth-order valence-electron chi connectivity index (χ4n) is 4.29. The summed E-state index contributed by atoms with van der Waals surface area (Å²) in [5.41, 5.74) is 7.89. The minimum atomic E-state index is -8.25. The van der Waals surface area contributed by atoms with E-state index in [4.69, 9.17) is 17.2 Å². The lowest BCUT2D eigenvalue weighted by Crippen LogP contribution is -2.71. The number of hydrogen-bond acceptors (Lipinski definition) is 3. The summed E-state index contributed by atoms with van der Waals surface area (Å²) < 4.78 is 188. The van der Waals surface area contributed by atoms with Crippen LogP contribution in [0, 0.1) is 0 Å². The van der Waals surface area contributed by atoms with Crippen LogP contribution >= 0.6 is 12.6 Å². The third-order valence-electron chi connectivity index (χ3n) is 7.37. The lowest BCUT2D eigenvalue weighted by Gasteiger charge is -2.38. The molecule has 0 amide bonds. The highest BCUT2D eigenvalue weighted by atomic mass is 32.2. The van der Waals surface area contributed by atoms with Crippen molar-refractivity contribution in [3.05, 3.63) is 77.9 Å². The van der Waals surface area contributed by atoms with Gasteiger partial charge in [-0.3, -0.25) is 4.55 Å². The summed E-state index contributed by atoms with van der Waals surface area (Å²) in [6.07, 6.45) is -7.59. The Labute approximate surface area is 285 Å². The van der Waals surface area contributed by atoms with Crippen LogP contribution < -0.4 is 0 Å². The average molecular weight is 775 g/mol. The molecule has 0 bridgehead atoms. The van der Waals surface area contributed by atoms with Crippen molar-refractivity contribution >= 4 is 22.7 Å². The third-order valence-corrected chi connectivity index (χ3v) is 8.65. The van der Waals surface area contributed by atoms with E-state index in [0.29, 0.717) is 0 Å². The molecule has 0 spiro atoms. The summed E-state index contributed by atoms with van der Waals surface area (Å²) in [6.45, 7) is 13.5. The van der Waals surface area contributed by atoms with Gasteiger partial charge >= 0.3 is 45.2 Å². The van der Waals surface area contributed by atoms with Crippen molar-refractivity contribution in [2.75, 3.05) is 0 Å². The normalized spacial score (nSPS) is 14.3. The molecule has 0 aliphatic rings. The first kappa shape index (κ1) is 43.2. The Hall–Kier alpha value is -2.99. The molecular formula is C32H31F13O3S2. The Morgan fingerprint density at radius 2 is 0.880 bits per heavy atom. The molecular weight excluding hydrogens is 743 g/mol. The zero-order valence-electron chi connectivity index (χ0n) is 26.9. The molecule has 0 saturated carbocycles. The van der Waals surface area contributed by atoms with Crippen molar-refractivity contribution in [3.63, 3.8) is 0 Å². The number of hydrogen-bond donors (Lipinski definition) is 2. The number of thiol groups is 1. The summed E-state index contributed by atoms with van der Waals surface area (Å²) in [5.74, 6) is -32.5. The van der Waals surface area contributed by atoms with Gasteiger partial charge in [0, 0.05) is 10.5 Å². The smallest absolute Gasteiger partial charge is 0.281 e. The molecule has 0 aromatic heterocycles. The maximum absolute atomic E-state index is 12.7. The lowest BCUT2D eigenvalue weighted by molar-refractivity contribution is -0.433. The van der Waals surface area contributed by atoms with Gasteiger partial charge in [-0.25, -0.2) is 0 Å². The van der Waals surface area contributed by atoms with Crippen LogP contribution in [0.25, 0.3) is 22.3 Å². The molecule has 0 fully saturated rings. The highest BCUT2D eigenvalue weighted by Crippen LogP contribution is 2.60. The van der Waals surface area contributed by atoms with Crippen LogP contribution in [0.4, 0.5) is 57.1 Å². The van der Waals surface area contributed by atoms with Crippen LogP contribution in [0.15, 0.2) is 71.6 Å². The minimum Gasteiger partial charge on any atom is -0.281 e. The SMILES string of the molecule is CC(C)(C)c1ccc(-c2cccc(S)c2-c2ccc(C(C)(C)C)cc2)cc1.O=S(=O)(O)C(F)(F)C(F)(F)C(F)(F)C(F)(F)C(F)(F)C(F)(F)F. The number of alkyl halides is 13. The summed E-state index contributed by atoms with van der Waals surface area (Å²) in [6, 6.07) is 24.2. The summed E-state index contributed by atoms with van der Waals surface area (Å²) >= 11 is 4.78. The van der Waals surface area contributed by atoms with Crippen molar-refractivity contribution in [2.45, 2.75) is 92.4 Å². The van der Waals surface area contributed by atoms with Gasteiger partial charge in [0.15, 0.2) is 0 Å². The molecule has 280 valence electrons. The first-order valence-corrected chi connectivity index (χ1v) is 15.9.